The lowest BCUT2D eigenvalue weighted by Crippen LogP contribution is -2.58. The number of unbranched alkanes of at least 4 members (excludes halogenated alkanes) is 1. The molecule has 1 aliphatic heterocycles. The van der Waals surface area contributed by atoms with Crippen LogP contribution in [0.15, 0.2) is 96.8 Å². The molecular weight excluding hydrogens is 1020 g/mol. The molecule has 1 aliphatic carbocycles. The third-order valence-corrected chi connectivity index (χ3v) is 14.5. The highest BCUT2D eigenvalue weighted by Crippen LogP contribution is 2.31. The number of pyridine rings is 1. The van der Waals surface area contributed by atoms with Gasteiger partial charge in [0.05, 0.1) is 74.0 Å². The molecule has 4 atom stereocenters. The molecule has 0 radical (unpaired) electrons. The van der Waals surface area contributed by atoms with Crippen LogP contribution >= 0.6 is 11.3 Å². The number of likely N-dealkylation sites (tertiary alicyclic amines) is 1. The van der Waals surface area contributed by atoms with Crippen molar-refractivity contribution in [2.75, 3.05) is 71.3 Å². The Morgan fingerprint density at radius 1 is 0.835 bits per heavy atom. The van der Waals surface area contributed by atoms with Gasteiger partial charge in [0.2, 0.25) is 23.6 Å². The van der Waals surface area contributed by atoms with Gasteiger partial charge in [-0.05, 0) is 90.3 Å². The normalized spacial score (nSPS) is 16.2. The minimum Gasteiger partial charge on any atom is -0.391 e. The fourth-order valence-electron chi connectivity index (χ4n) is 9.46. The van der Waals surface area contributed by atoms with Crippen LogP contribution < -0.4 is 21.3 Å². The zero-order valence-electron chi connectivity index (χ0n) is 45.4. The number of carbonyl (C=O) groups is 4. The molecule has 1 saturated heterocycles. The minimum absolute atomic E-state index is 0.0210. The summed E-state index contributed by atoms with van der Waals surface area (Å²) in [6, 6.07) is 24.5. The van der Waals surface area contributed by atoms with Crippen LogP contribution in [0.5, 0.6) is 0 Å². The first kappa shape index (κ1) is 58.0. The fraction of sp³-hybridized carbons (Fsp3) is 0.433. The molecule has 0 saturated carbocycles. The van der Waals surface area contributed by atoms with E-state index in [9.17, 15) is 24.3 Å². The number of amides is 4. The van der Waals surface area contributed by atoms with Crippen LogP contribution in [0.2, 0.25) is 0 Å². The molecule has 0 spiro atoms. The van der Waals surface area contributed by atoms with Gasteiger partial charge < -0.3 is 50.2 Å². The van der Waals surface area contributed by atoms with Gasteiger partial charge in [-0.25, -0.2) is 15.0 Å². The van der Waals surface area contributed by atoms with Crippen LogP contribution in [0.25, 0.3) is 32.7 Å². The summed E-state index contributed by atoms with van der Waals surface area (Å²) >= 11 is 1.57. The number of thiazole rings is 1. The second kappa shape index (κ2) is 28.6. The number of rotatable bonds is 26. The topological polar surface area (TPSA) is 228 Å². The van der Waals surface area contributed by atoms with Crippen molar-refractivity contribution in [3.63, 3.8) is 0 Å². The number of nitrogens with one attached hydrogen (secondary N) is 4. The zero-order chi connectivity index (χ0) is 55.6. The van der Waals surface area contributed by atoms with Crippen LogP contribution in [0.3, 0.4) is 0 Å². The summed E-state index contributed by atoms with van der Waals surface area (Å²) in [5.74, 6) is 6.62. The predicted molar refractivity (Wildman–Crippen MR) is 303 cm³/mol. The summed E-state index contributed by atoms with van der Waals surface area (Å²) in [5, 5.41) is 23.8. The molecule has 2 aliphatic rings. The average Bonchev–Trinajstić information content (AvgIpc) is 4.29. The molecule has 4 amide bonds. The van der Waals surface area contributed by atoms with E-state index in [1.165, 1.54) is 16.0 Å². The molecule has 3 aromatic carbocycles. The number of hydrogen-bond donors (Lipinski definition) is 5. The molecule has 18 nitrogen and oxygen atoms in total. The monoisotopic (exact) mass is 1090 g/mol. The number of aliphatic hydroxyl groups excluding tert-OH is 1. The first-order valence-corrected chi connectivity index (χ1v) is 27.8. The number of carbonyl (C=O) groups excluding carboxylic acids is 4. The maximum atomic E-state index is 13.9. The number of aromatic nitrogens is 4. The number of aryl methyl sites for hydroxylation is 1. The molecule has 4 heterocycles. The Morgan fingerprint density at radius 3 is 2.32 bits per heavy atom. The maximum Gasteiger partial charge on any atom is 0.246 e. The number of ether oxygens (including phenoxy) is 4. The second-order valence-electron chi connectivity index (χ2n) is 20.7. The smallest absolute Gasteiger partial charge is 0.246 e. The summed E-state index contributed by atoms with van der Waals surface area (Å²) in [7, 11) is 0. The Kier molecular flexibility index (Phi) is 21.0. The van der Waals surface area contributed by atoms with E-state index in [-0.39, 0.29) is 57.2 Å². The highest BCUT2D eigenvalue weighted by atomic mass is 32.1. The van der Waals surface area contributed by atoms with Crippen LogP contribution in [-0.2, 0) is 57.5 Å². The zero-order valence-corrected chi connectivity index (χ0v) is 46.2. The lowest BCUT2D eigenvalue weighted by atomic mass is 9.85. The third kappa shape index (κ3) is 16.9. The first-order valence-electron chi connectivity index (χ1n) is 27.0. The highest BCUT2D eigenvalue weighted by Gasteiger charge is 2.44. The van der Waals surface area contributed by atoms with Gasteiger partial charge in [0.15, 0.2) is 5.82 Å². The summed E-state index contributed by atoms with van der Waals surface area (Å²) in [6.45, 7) is 9.91. The van der Waals surface area contributed by atoms with Gasteiger partial charge in [-0.2, -0.15) is 0 Å². The van der Waals surface area contributed by atoms with Crippen molar-refractivity contribution in [3.8, 4) is 33.7 Å². The van der Waals surface area contributed by atoms with Crippen molar-refractivity contribution in [1.82, 2.24) is 40.8 Å². The van der Waals surface area contributed by atoms with E-state index < -0.39 is 35.4 Å². The van der Waals surface area contributed by atoms with Crippen molar-refractivity contribution < 1.29 is 43.2 Å². The molecule has 79 heavy (non-hydrogen) atoms. The van der Waals surface area contributed by atoms with E-state index >= 15 is 0 Å². The number of nitrogens with zero attached hydrogens (tertiary/aromatic N) is 5. The maximum absolute atomic E-state index is 13.9. The van der Waals surface area contributed by atoms with Crippen LogP contribution in [0, 0.1) is 24.2 Å². The summed E-state index contributed by atoms with van der Waals surface area (Å²) in [4.78, 5) is 73.5. The molecule has 416 valence electrons. The number of benzene rings is 3. The van der Waals surface area contributed by atoms with Gasteiger partial charge >= 0.3 is 0 Å². The van der Waals surface area contributed by atoms with Crippen molar-refractivity contribution >= 4 is 51.7 Å². The quantitative estimate of drug-likeness (QED) is 0.0301. The molecule has 5 N–H and O–H groups in total. The van der Waals surface area contributed by atoms with E-state index in [0.717, 1.165) is 62.4 Å². The molecule has 19 heteroatoms. The molecular formula is C60H71N9O9S. The minimum atomic E-state index is -0.971. The highest BCUT2D eigenvalue weighted by molar-refractivity contribution is 7.13. The predicted octanol–water partition coefficient (Wildman–Crippen LogP) is 6.22. The lowest BCUT2D eigenvalue weighted by molar-refractivity contribution is -0.144. The third-order valence-electron chi connectivity index (χ3n) is 13.6. The van der Waals surface area contributed by atoms with Crippen LogP contribution in [0.4, 0.5) is 5.82 Å². The molecule has 1 fully saturated rings. The molecule has 0 bridgehead atoms. The van der Waals surface area contributed by atoms with E-state index in [4.69, 9.17) is 28.9 Å². The molecule has 3 aromatic heterocycles. The van der Waals surface area contributed by atoms with E-state index in [2.05, 4.69) is 61.3 Å². The van der Waals surface area contributed by atoms with Gasteiger partial charge in [-0.3, -0.25) is 24.2 Å². The van der Waals surface area contributed by atoms with E-state index in [0.29, 0.717) is 64.7 Å². The van der Waals surface area contributed by atoms with E-state index in [1.54, 1.807) is 23.7 Å². The number of aliphatic hydroxyl groups is 1. The van der Waals surface area contributed by atoms with Crippen LogP contribution in [0.1, 0.15) is 74.4 Å². The molecule has 8 rings (SSSR count). The van der Waals surface area contributed by atoms with Crippen molar-refractivity contribution in [1.29, 1.82) is 0 Å². The number of anilines is 1. The van der Waals surface area contributed by atoms with Gasteiger partial charge in [-0.1, -0.05) is 75.1 Å². The number of hydrogen-bond acceptors (Lipinski definition) is 15. The number of para-hydroxylation sites is 1. The van der Waals surface area contributed by atoms with Gasteiger partial charge in [-0.15, -0.1) is 11.3 Å². The van der Waals surface area contributed by atoms with E-state index in [1.807, 2.05) is 93.9 Å². The Balaban J connectivity index is 0.627. The standard InChI is InChI=1S/C60H71N9O9S/c1-40-54(79-39-64-40)43-19-17-42(18-20-43)35-63-58(73)51-34-48(70)37-69(51)59(74)55(60(2,3)4)67-53(72)38-78-30-29-77-28-27-76-26-25-75-24-23-62-52(71)15-7-5-6-11-41-16-21-44-32-47(33-46(44)31-41)65-57-49-13-8-9-14-50(49)66-56(68-57)45-12-10-22-61-36-45/h8-10,12-14,16-22,31,36,39,47-48,51,55,70H,5,7,15,23-30,32-35,37-38H2,1-4H3,(H,62,71)(H,63,73)(H,67,72)(H,65,66,68)/t47?,48-,51+,55-/m1/s1. The SMILES string of the molecule is Cc1ncsc1-c1ccc(CNC(=O)[C@@H]2C[C@@H](O)CN2C(=O)[C@@H](NC(=O)COCCOCCOCCOCCNC(=O)CCCC#Cc2ccc3c(c2)CC(Nc2nc(-c4cccnc4)nc4ccccc24)C3)C(C)(C)C)cc1. The van der Waals surface area contributed by atoms with Crippen molar-refractivity contribution in [3.05, 3.63) is 125 Å². The lowest BCUT2D eigenvalue weighted by Gasteiger charge is -2.35. The molecule has 6 aromatic rings. The van der Waals surface area contributed by atoms with Crippen molar-refractivity contribution in [2.45, 2.75) is 97.0 Å². The summed E-state index contributed by atoms with van der Waals surface area (Å²) in [5.41, 5.74) is 9.30. The van der Waals surface area contributed by atoms with Gasteiger partial charge in [0.25, 0.3) is 0 Å². The summed E-state index contributed by atoms with van der Waals surface area (Å²) in [6.07, 6.45) is 6.15. The first-order chi connectivity index (χ1) is 38.3. The molecule has 1 unspecified atom stereocenters. The second-order valence-corrected chi connectivity index (χ2v) is 21.6. The van der Waals surface area contributed by atoms with Gasteiger partial charge in [0, 0.05) is 73.8 Å². The number of β-amino-alcohol motifs (C(OH)–C–C–N with tert-alkyl or cyclic N) is 1. The Hall–Kier alpha value is -7.18. The largest absolute Gasteiger partial charge is 0.391 e. The van der Waals surface area contributed by atoms with Crippen molar-refractivity contribution in [2.24, 2.45) is 5.41 Å². The number of fused-ring (bicyclic) bond motifs is 2. The Bertz CT molecular complexity index is 3070. The Morgan fingerprint density at radius 2 is 1.58 bits per heavy atom. The fourth-order valence-corrected chi connectivity index (χ4v) is 10.3. The van der Waals surface area contributed by atoms with Gasteiger partial charge in [0.1, 0.15) is 24.5 Å². The average molecular weight is 1090 g/mol. The summed E-state index contributed by atoms with van der Waals surface area (Å²) < 4.78 is 22.2. The Labute approximate surface area is 465 Å². The van der Waals surface area contributed by atoms with Crippen LogP contribution in [-0.4, -0.2) is 144 Å².